The molecular weight excluding hydrogens is 265 g/mol. The standard InChI is InChI=1S/C15H21Cl2N/c1-10(12-6-3-4-7-12)18-11(2)13-8-5-9-14(16)15(13)17/h5,8-12,18H,3-4,6-7H2,1-2H3. The van der Waals surface area contributed by atoms with E-state index in [4.69, 9.17) is 23.2 Å². The van der Waals surface area contributed by atoms with Crippen LogP contribution in [0.4, 0.5) is 0 Å². The van der Waals surface area contributed by atoms with Gasteiger partial charge in [0.2, 0.25) is 0 Å². The summed E-state index contributed by atoms with van der Waals surface area (Å²) in [6, 6.07) is 6.62. The maximum atomic E-state index is 6.26. The Morgan fingerprint density at radius 1 is 1.17 bits per heavy atom. The smallest absolute Gasteiger partial charge is 0.0639 e. The maximum Gasteiger partial charge on any atom is 0.0639 e. The van der Waals surface area contributed by atoms with Crippen molar-refractivity contribution in [3.63, 3.8) is 0 Å². The Morgan fingerprint density at radius 3 is 2.50 bits per heavy atom. The molecule has 3 heteroatoms. The van der Waals surface area contributed by atoms with Gasteiger partial charge in [0.15, 0.2) is 0 Å². The Bertz CT molecular complexity index is 399. The minimum atomic E-state index is 0.242. The number of hydrogen-bond donors (Lipinski definition) is 1. The normalized spacial score (nSPS) is 20.0. The van der Waals surface area contributed by atoms with Crippen LogP contribution in [0.5, 0.6) is 0 Å². The Kier molecular flexibility index (Phi) is 4.94. The first-order valence-corrected chi connectivity index (χ1v) is 7.55. The van der Waals surface area contributed by atoms with Crippen molar-refractivity contribution in [1.82, 2.24) is 5.32 Å². The average molecular weight is 286 g/mol. The minimum Gasteiger partial charge on any atom is -0.307 e. The van der Waals surface area contributed by atoms with Crippen LogP contribution in [-0.4, -0.2) is 6.04 Å². The summed E-state index contributed by atoms with van der Waals surface area (Å²) in [4.78, 5) is 0. The summed E-state index contributed by atoms with van der Waals surface area (Å²) in [5.41, 5.74) is 1.09. The average Bonchev–Trinajstić information content (AvgIpc) is 2.86. The molecule has 2 unspecified atom stereocenters. The second-order valence-electron chi connectivity index (χ2n) is 5.36. The zero-order valence-electron chi connectivity index (χ0n) is 11.0. The van der Waals surface area contributed by atoms with Gasteiger partial charge in [0.25, 0.3) is 0 Å². The number of benzene rings is 1. The fourth-order valence-corrected chi connectivity index (χ4v) is 3.40. The largest absolute Gasteiger partial charge is 0.307 e. The minimum absolute atomic E-state index is 0.242. The lowest BCUT2D eigenvalue weighted by Crippen LogP contribution is -2.34. The molecule has 0 aliphatic heterocycles. The highest BCUT2D eigenvalue weighted by molar-refractivity contribution is 6.42. The predicted octanol–water partition coefficient (Wildman–Crippen LogP) is 5.22. The van der Waals surface area contributed by atoms with Crippen LogP contribution >= 0.6 is 23.2 Å². The summed E-state index contributed by atoms with van der Waals surface area (Å²) in [5, 5.41) is 4.98. The van der Waals surface area contributed by atoms with E-state index in [2.05, 4.69) is 19.2 Å². The molecule has 2 atom stereocenters. The van der Waals surface area contributed by atoms with Gasteiger partial charge in [-0.15, -0.1) is 0 Å². The molecule has 2 rings (SSSR count). The fraction of sp³-hybridized carbons (Fsp3) is 0.600. The van der Waals surface area contributed by atoms with E-state index in [-0.39, 0.29) is 6.04 Å². The van der Waals surface area contributed by atoms with Crippen LogP contribution < -0.4 is 5.32 Å². The third kappa shape index (κ3) is 3.20. The molecule has 1 N–H and O–H groups in total. The highest BCUT2D eigenvalue weighted by Crippen LogP contribution is 2.32. The lowest BCUT2D eigenvalue weighted by molar-refractivity contribution is 0.352. The molecule has 1 aliphatic rings. The predicted molar refractivity (Wildman–Crippen MR) is 79.4 cm³/mol. The SMILES string of the molecule is CC(NC(C)C1CCCC1)c1cccc(Cl)c1Cl. The Labute approximate surface area is 120 Å². The molecule has 18 heavy (non-hydrogen) atoms. The molecule has 1 nitrogen and oxygen atoms in total. The van der Waals surface area contributed by atoms with E-state index in [1.54, 1.807) is 0 Å². The fourth-order valence-electron chi connectivity index (χ4n) is 2.93. The summed E-state index contributed by atoms with van der Waals surface area (Å²) < 4.78 is 0. The zero-order valence-corrected chi connectivity index (χ0v) is 12.6. The molecule has 1 aromatic rings. The quantitative estimate of drug-likeness (QED) is 0.799. The topological polar surface area (TPSA) is 12.0 Å². The molecule has 0 heterocycles. The van der Waals surface area contributed by atoms with Crippen LogP contribution in [0, 0.1) is 5.92 Å². The summed E-state index contributed by atoms with van der Waals surface area (Å²) in [6.45, 7) is 4.44. The molecule has 0 amide bonds. The maximum absolute atomic E-state index is 6.26. The van der Waals surface area contributed by atoms with Gasteiger partial charge in [-0.05, 0) is 44.2 Å². The van der Waals surface area contributed by atoms with Crippen molar-refractivity contribution >= 4 is 23.2 Å². The van der Waals surface area contributed by atoms with E-state index >= 15 is 0 Å². The summed E-state index contributed by atoms with van der Waals surface area (Å²) >= 11 is 12.3. The first kappa shape index (κ1) is 14.2. The van der Waals surface area contributed by atoms with Crippen molar-refractivity contribution in [2.75, 3.05) is 0 Å². The van der Waals surface area contributed by atoms with Gasteiger partial charge < -0.3 is 5.32 Å². The summed E-state index contributed by atoms with van der Waals surface area (Å²) in [5.74, 6) is 0.811. The van der Waals surface area contributed by atoms with Gasteiger partial charge in [-0.25, -0.2) is 0 Å². The van der Waals surface area contributed by atoms with Gasteiger partial charge >= 0.3 is 0 Å². The van der Waals surface area contributed by atoms with Crippen LogP contribution in [0.1, 0.15) is 51.1 Å². The van der Waals surface area contributed by atoms with Crippen molar-refractivity contribution in [2.24, 2.45) is 5.92 Å². The van der Waals surface area contributed by atoms with Gasteiger partial charge in [0.05, 0.1) is 10.0 Å². The molecule has 0 saturated heterocycles. The highest BCUT2D eigenvalue weighted by Gasteiger charge is 2.23. The van der Waals surface area contributed by atoms with Gasteiger partial charge in [-0.2, -0.15) is 0 Å². The second-order valence-corrected chi connectivity index (χ2v) is 6.15. The van der Waals surface area contributed by atoms with Gasteiger partial charge in [-0.3, -0.25) is 0 Å². The van der Waals surface area contributed by atoms with Crippen molar-refractivity contribution in [3.05, 3.63) is 33.8 Å². The lowest BCUT2D eigenvalue weighted by atomic mass is 9.98. The van der Waals surface area contributed by atoms with Crippen molar-refractivity contribution in [2.45, 2.75) is 51.6 Å². The molecule has 1 fully saturated rings. The number of halogens is 2. The number of nitrogens with one attached hydrogen (secondary N) is 1. The van der Waals surface area contributed by atoms with Crippen molar-refractivity contribution in [1.29, 1.82) is 0 Å². The van der Waals surface area contributed by atoms with E-state index in [0.29, 0.717) is 16.1 Å². The molecule has 0 bridgehead atoms. The molecule has 0 aromatic heterocycles. The molecule has 0 radical (unpaired) electrons. The second kappa shape index (κ2) is 6.27. The van der Waals surface area contributed by atoms with E-state index < -0.39 is 0 Å². The van der Waals surface area contributed by atoms with E-state index in [9.17, 15) is 0 Å². The number of hydrogen-bond acceptors (Lipinski definition) is 1. The zero-order chi connectivity index (χ0) is 13.1. The van der Waals surface area contributed by atoms with E-state index in [1.807, 2.05) is 18.2 Å². The van der Waals surface area contributed by atoms with Crippen LogP contribution in [0.15, 0.2) is 18.2 Å². The van der Waals surface area contributed by atoms with Crippen molar-refractivity contribution < 1.29 is 0 Å². The first-order chi connectivity index (χ1) is 8.59. The Balaban J connectivity index is 2.02. The highest BCUT2D eigenvalue weighted by atomic mass is 35.5. The summed E-state index contributed by atoms with van der Waals surface area (Å²) in [7, 11) is 0. The van der Waals surface area contributed by atoms with Crippen LogP contribution in [0.2, 0.25) is 10.0 Å². The monoisotopic (exact) mass is 285 g/mol. The molecular formula is C15H21Cl2N. The summed E-state index contributed by atoms with van der Waals surface area (Å²) in [6.07, 6.45) is 5.46. The number of rotatable bonds is 4. The van der Waals surface area contributed by atoms with Gasteiger partial charge in [0.1, 0.15) is 0 Å². The van der Waals surface area contributed by atoms with Gasteiger partial charge in [0, 0.05) is 12.1 Å². The first-order valence-electron chi connectivity index (χ1n) is 6.79. The van der Waals surface area contributed by atoms with Crippen LogP contribution in [-0.2, 0) is 0 Å². The lowest BCUT2D eigenvalue weighted by Gasteiger charge is -2.25. The van der Waals surface area contributed by atoms with Crippen molar-refractivity contribution in [3.8, 4) is 0 Å². The van der Waals surface area contributed by atoms with Crippen LogP contribution in [0.3, 0.4) is 0 Å². The molecule has 100 valence electrons. The molecule has 1 aliphatic carbocycles. The van der Waals surface area contributed by atoms with E-state index in [1.165, 1.54) is 25.7 Å². The third-order valence-electron chi connectivity index (χ3n) is 4.07. The van der Waals surface area contributed by atoms with Crippen LogP contribution in [0.25, 0.3) is 0 Å². The Hall–Kier alpha value is -0.240. The van der Waals surface area contributed by atoms with E-state index in [0.717, 1.165) is 11.5 Å². The molecule has 1 aromatic carbocycles. The molecule has 0 spiro atoms. The van der Waals surface area contributed by atoms with Gasteiger partial charge in [-0.1, -0.05) is 48.2 Å². The third-order valence-corrected chi connectivity index (χ3v) is 4.90. The molecule has 1 saturated carbocycles. The Morgan fingerprint density at radius 2 is 1.83 bits per heavy atom.